The van der Waals surface area contributed by atoms with Crippen LogP contribution in [0.15, 0.2) is 24.3 Å². The molecule has 1 rings (SSSR count). The molecule has 0 aliphatic carbocycles. The van der Waals surface area contributed by atoms with Crippen LogP contribution in [0.1, 0.15) is 18.6 Å². The Hall–Kier alpha value is -1.20. The molecule has 4 nitrogen and oxygen atoms in total. The summed E-state index contributed by atoms with van der Waals surface area (Å²) in [4.78, 5) is 11.2. The number of thioether (sulfide) groups is 1. The summed E-state index contributed by atoms with van der Waals surface area (Å²) in [5.74, 6) is 0.852. The fourth-order valence-corrected chi connectivity index (χ4v) is 2.19. The Morgan fingerprint density at radius 1 is 1.59 bits per heavy atom. The van der Waals surface area contributed by atoms with Crippen LogP contribution in [0.5, 0.6) is 0 Å². The molecule has 0 fully saturated rings. The van der Waals surface area contributed by atoms with Gasteiger partial charge in [0.15, 0.2) is 0 Å². The molecule has 1 aromatic rings. The van der Waals surface area contributed by atoms with E-state index in [4.69, 9.17) is 5.73 Å². The molecule has 0 heterocycles. The molecule has 0 aliphatic heterocycles. The number of amides is 1. The van der Waals surface area contributed by atoms with E-state index < -0.39 is 6.10 Å². The minimum atomic E-state index is -0.585. The lowest BCUT2D eigenvalue weighted by Gasteiger charge is -2.11. The smallest absolute Gasteiger partial charge is 0.229 e. The number of nitrogen functional groups attached to an aromatic ring is 1. The van der Waals surface area contributed by atoms with Crippen molar-refractivity contribution in [3.63, 3.8) is 0 Å². The Morgan fingerprint density at radius 3 is 3.00 bits per heavy atom. The summed E-state index contributed by atoms with van der Waals surface area (Å²) in [5, 5.41) is 12.6. The Morgan fingerprint density at radius 2 is 2.35 bits per heavy atom. The highest BCUT2D eigenvalue weighted by Crippen LogP contribution is 2.19. The Kier molecular flexibility index (Phi) is 5.86. The van der Waals surface area contributed by atoms with Gasteiger partial charge in [-0.05, 0) is 24.6 Å². The number of rotatable bonds is 6. The second-order valence-corrected chi connectivity index (χ2v) is 4.68. The first-order valence-electron chi connectivity index (χ1n) is 5.51. The fourth-order valence-electron chi connectivity index (χ4n) is 1.37. The normalized spacial score (nSPS) is 12.1. The highest BCUT2D eigenvalue weighted by Gasteiger charge is 2.09. The van der Waals surface area contributed by atoms with Crippen LogP contribution < -0.4 is 11.1 Å². The molecule has 1 atom stereocenters. The van der Waals surface area contributed by atoms with Crippen molar-refractivity contribution in [2.45, 2.75) is 13.0 Å². The van der Waals surface area contributed by atoms with Gasteiger partial charge in [-0.1, -0.05) is 12.1 Å². The van der Waals surface area contributed by atoms with Crippen molar-refractivity contribution in [1.82, 2.24) is 5.32 Å². The van der Waals surface area contributed by atoms with Gasteiger partial charge >= 0.3 is 0 Å². The lowest BCUT2D eigenvalue weighted by Crippen LogP contribution is -2.24. The van der Waals surface area contributed by atoms with Crippen molar-refractivity contribution in [2.24, 2.45) is 0 Å². The minimum absolute atomic E-state index is 0.00252. The third-order valence-electron chi connectivity index (χ3n) is 2.18. The van der Waals surface area contributed by atoms with Crippen LogP contribution in [-0.4, -0.2) is 29.1 Å². The van der Waals surface area contributed by atoms with Gasteiger partial charge in [-0.15, -0.1) is 11.8 Å². The SMILES string of the molecule is CCNC(=O)CSCC(O)c1cccc(N)c1. The largest absolute Gasteiger partial charge is 0.399 e. The Balaban J connectivity index is 2.35. The van der Waals surface area contributed by atoms with E-state index in [1.54, 1.807) is 12.1 Å². The molecular weight excluding hydrogens is 236 g/mol. The average molecular weight is 254 g/mol. The van der Waals surface area contributed by atoms with Crippen molar-refractivity contribution in [3.05, 3.63) is 29.8 Å². The quantitative estimate of drug-likeness (QED) is 0.666. The zero-order valence-corrected chi connectivity index (χ0v) is 10.7. The molecule has 5 heteroatoms. The van der Waals surface area contributed by atoms with Crippen LogP contribution >= 0.6 is 11.8 Å². The first-order chi connectivity index (χ1) is 8.13. The number of aliphatic hydroxyl groups is 1. The number of hydrogen-bond donors (Lipinski definition) is 3. The lowest BCUT2D eigenvalue weighted by molar-refractivity contribution is -0.118. The molecular formula is C12H18N2O2S. The van der Waals surface area contributed by atoms with Gasteiger partial charge in [0.2, 0.25) is 5.91 Å². The number of anilines is 1. The van der Waals surface area contributed by atoms with Crippen LogP contribution in [0.25, 0.3) is 0 Å². The summed E-state index contributed by atoms with van der Waals surface area (Å²) in [6, 6.07) is 7.16. The predicted octanol–water partition coefficient (Wildman–Crippen LogP) is 1.17. The molecule has 94 valence electrons. The first-order valence-corrected chi connectivity index (χ1v) is 6.67. The summed E-state index contributed by atoms with van der Waals surface area (Å²) in [6.07, 6.45) is -0.585. The third-order valence-corrected chi connectivity index (χ3v) is 3.20. The van der Waals surface area contributed by atoms with E-state index in [-0.39, 0.29) is 5.91 Å². The maximum absolute atomic E-state index is 11.2. The summed E-state index contributed by atoms with van der Waals surface area (Å²) >= 11 is 1.41. The van der Waals surface area contributed by atoms with Gasteiger partial charge in [0.1, 0.15) is 0 Å². The maximum atomic E-state index is 11.2. The maximum Gasteiger partial charge on any atom is 0.229 e. The van der Waals surface area contributed by atoms with E-state index in [9.17, 15) is 9.90 Å². The molecule has 1 unspecified atom stereocenters. The summed E-state index contributed by atoms with van der Waals surface area (Å²) in [6.45, 7) is 2.52. The fraction of sp³-hybridized carbons (Fsp3) is 0.417. The van der Waals surface area contributed by atoms with Crippen molar-refractivity contribution in [1.29, 1.82) is 0 Å². The van der Waals surface area contributed by atoms with Crippen LogP contribution in [0, 0.1) is 0 Å². The highest BCUT2D eigenvalue weighted by atomic mass is 32.2. The van der Waals surface area contributed by atoms with E-state index in [1.807, 2.05) is 19.1 Å². The van der Waals surface area contributed by atoms with Gasteiger partial charge in [-0.2, -0.15) is 0 Å². The summed E-state index contributed by atoms with van der Waals surface area (Å²) in [5.41, 5.74) is 7.05. The van der Waals surface area contributed by atoms with Crippen LogP contribution in [0.4, 0.5) is 5.69 Å². The summed E-state index contributed by atoms with van der Waals surface area (Å²) < 4.78 is 0. The second-order valence-electron chi connectivity index (χ2n) is 3.65. The number of carbonyl (C=O) groups is 1. The number of nitrogens with one attached hydrogen (secondary N) is 1. The minimum Gasteiger partial charge on any atom is -0.399 e. The van der Waals surface area contributed by atoms with Crippen molar-refractivity contribution in [3.8, 4) is 0 Å². The van der Waals surface area contributed by atoms with Gasteiger partial charge in [-0.25, -0.2) is 0 Å². The molecule has 1 amide bonds. The van der Waals surface area contributed by atoms with E-state index in [0.717, 1.165) is 5.56 Å². The zero-order chi connectivity index (χ0) is 12.7. The molecule has 0 aromatic heterocycles. The molecule has 0 spiro atoms. The van der Waals surface area contributed by atoms with Gasteiger partial charge in [0.05, 0.1) is 11.9 Å². The summed E-state index contributed by atoms with van der Waals surface area (Å²) in [7, 11) is 0. The van der Waals surface area contributed by atoms with Crippen molar-refractivity contribution in [2.75, 3.05) is 23.8 Å². The predicted molar refractivity (Wildman–Crippen MR) is 71.8 cm³/mol. The van der Waals surface area contributed by atoms with E-state index in [0.29, 0.717) is 23.7 Å². The lowest BCUT2D eigenvalue weighted by atomic mass is 10.1. The van der Waals surface area contributed by atoms with Gasteiger partial charge < -0.3 is 16.2 Å². The van der Waals surface area contributed by atoms with Gasteiger partial charge in [-0.3, -0.25) is 4.79 Å². The van der Waals surface area contributed by atoms with Crippen molar-refractivity contribution < 1.29 is 9.90 Å². The van der Waals surface area contributed by atoms with Gasteiger partial charge in [0, 0.05) is 18.0 Å². The molecule has 0 saturated heterocycles. The molecule has 4 N–H and O–H groups in total. The second kappa shape index (κ2) is 7.19. The molecule has 0 aliphatic rings. The average Bonchev–Trinajstić information content (AvgIpc) is 2.29. The number of carbonyl (C=O) groups excluding carboxylic acids is 1. The number of aliphatic hydroxyl groups excluding tert-OH is 1. The topological polar surface area (TPSA) is 75.3 Å². The van der Waals surface area contributed by atoms with Crippen LogP contribution in [0.2, 0.25) is 0 Å². The zero-order valence-electron chi connectivity index (χ0n) is 9.85. The standard InChI is InChI=1S/C12H18N2O2S/c1-2-14-12(16)8-17-7-11(15)9-4-3-5-10(13)6-9/h3-6,11,15H,2,7-8,13H2,1H3,(H,14,16). The Labute approximate surface area is 106 Å². The molecule has 1 aromatic carbocycles. The molecule has 17 heavy (non-hydrogen) atoms. The molecule has 0 bridgehead atoms. The monoisotopic (exact) mass is 254 g/mol. The number of hydrogen-bond acceptors (Lipinski definition) is 4. The van der Waals surface area contributed by atoms with Crippen LogP contribution in [0.3, 0.4) is 0 Å². The molecule has 0 saturated carbocycles. The van der Waals surface area contributed by atoms with Crippen LogP contribution in [-0.2, 0) is 4.79 Å². The van der Waals surface area contributed by atoms with Gasteiger partial charge in [0.25, 0.3) is 0 Å². The number of benzene rings is 1. The Bertz CT molecular complexity index is 371. The van der Waals surface area contributed by atoms with Crippen molar-refractivity contribution >= 4 is 23.4 Å². The highest BCUT2D eigenvalue weighted by molar-refractivity contribution is 7.99. The molecule has 0 radical (unpaired) electrons. The number of nitrogens with two attached hydrogens (primary N) is 1. The van der Waals surface area contributed by atoms with E-state index in [2.05, 4.69) is 5.32 Å². The third kappa shape index (κ3) is 5.10. The van der Waals surface area contributed by atoms with E-state index in [1.165, 1.54) is 11.8 Å². The first kappa shape index (κ1) is 13.9. The van der Waals surface area contributed by atoms with E-state index >= 15 is 0 Å².